The van der Waals surface area contributed by atoms with Gasteiger partial charge in [-0.2, -0.15) is 0 Å². The molecule has 0 aliphatic rings. The van der Waals surface area contributed by atoms with Crippen LogP contribution in [-0.2, 0) is 0 Å². The lowest BCUT2D eigenvalue weighted by Gasteiger charge is -2.12. The van der Waals surface area contributed by atoms with Gasteiger partial charge >= 0.3 is 0 Å². The molecule has 2 aromatic heterocycles. The Labute approximate surface area is 162 Å². The molecule has 28 heavy (non-hydrogen) atoms. The number of carbonyl (C=O) groups is 1. The first kappa shape index (κ1) is 17.5. The third kappa shape index (κ3) is 3.23. The van der Waals surface area contributed by atoms with E-state index in [2.05, 4.69) is 10.3 Å². The van der Waals surface area contributed by atoms with Crippen LogP contribution in [0.15, 0.2) is 73.3 Å². The van der Waals surface area contributed by atoms with Crippen LogP contribution in [0.2, 0.25) is 0 Å². The van der Waals surface area contributed by atoms with Crippen molar-refractivity contribution < 1.29 is 4.79 Å². The van der Waals surface area contributed by atoms with Gasteiger partial charge in [0.25, 0.3) is 5.91 Å². The number of hydrogen-bond donors (Lipinski definition) is 3. The average Bonchev–Trinajstić information content (AvgIpc) is 3.16. The Hall–Kier alpha value is -3.93. The molecule has 1 amide bonds. The number of nitrogens with one attached hydrogen (secondary N) is 2. The SMILES string of the molecule is Cc1cn2cncc2cc1C(=O)Nc1ccc(N)c(C(=N)c2ccccc2)c1. The van der Waals surface area contributed by atoms with Gasteiger partial charge in [0.05, 0.1) is 23.8 Å². The van der Waals surface area contributed by atoms with Gasteiger partial charge in [-0.25, -0.2) is 4.98 Å². The molecule has 0 aliphatic heterocycles. The Morgan fingerprint density at radius 2 is 1.89 bits per heavy atom. The average molecular weight is 369 g/mol. The number of pyridine rings is 1. The fraction of sp³-hybridized carbons (Fsp3) is 0.0455. The summed E-state index contributed by atoms with van der Waals surface area (Å²) in [6.45, 7) is 1.88. The van der Waals surface area contributed by atoms with E-state index in [1.165, 1.54) is 0 Å². The molecule has 4 rings (SSSR count). The Morgan fingerprint density at radius 3 is 2.68 bits per heavy atom. The highest BCUT2D eigenvalue weighted by Gasteiger charge is 2.14. The van der Waals surface area contributed by atoms with Crippen LogP contribution in [0.3, 0.4) is 0 Å². The molecule has 6 nitrogen and oxygen atoms in total. The number of nitrogens with zero attached hydrogens (tertiary/aromatic N) is 2. The fourth-order valence-corrected chi connectivity index (χ4v) is 3.13. The number of fused-ring (bicyclic) bond motifs is 1. The number of imidazole rings is 1. The summed E-state index contributed by atoms with van der Waals surface area (Å²) in [4.78, 5) is 16.9. The number of carbonyl (C=O) groups excluding carboxylic acids is 1. The molecule has 6 heteroatoms. The Kier molecular flexibility index (Phi) is 4.37. The molecule has 0 unspecified atom stereocenters. The third-order valence-electron chi connectivity index (χ3n) is 4.63. The van der Waals surface area contributed by atoms with Crippen LogP contribution < -0.4 is 11.1 Å². The summed E-state index contributed by atoms with van der Waals surface area (Å²) in [5, 5.41) is 11.4. The third-order valence-corrected chi connectivity index (χ3v) is 4.63. The maximum atomic E-state index is 12.8. The smallest absolute Gasteiger partial charge is 0.256 e. The lowest BCUT2D eigenvalue weighted by molar-refractivity contribution is 0.102. The van der Waals surface area contributed by atoms with E-state index in [0.29, 0.717) is 28.2 Å². The van der Waals surface area contributed by atoms with Crippen molar-refractivity contribution in [1.82, 2.24) is 9.38 Å². The van der Waals surface area contributed by atoms with Crippen LogP contribution in [0, 0.1) is 12.3 Å². The Bertz CT molecular complexity index is 1190. The van der Waals surface area contributed by atoms with Crippen LogP contribution >= 0.6 is 0 Å². The number of hydrogen-bond acceptors (Lipinski definition) is 4. The zero-order valence-electron chi connectivity index (χ0n) is 15.3. The van der Waals surface area contributed by atoms with E-state index < -0.39 is 0 Å². The first-order valence-corrected chi connectivity index (χ1v) is 8.80. The van der Waals surface area contributed by atoms with Crippen molar-refractivity contribution in [1.29, 1.82) is 5.41 Å². The van der Waals surface area contributed by atoms with Gasteiger partial charge in [-0.1, -0.05) is 30.3 Å². The molecular weight excluding hydrogens is 350 g/mol. The van der Waals surface area contributed by atoms with Crippen molar-refractivity contribution in [3.8, 4) is 0 Å². The van der Waals surface area contributed by atoms with Crippen molar-refractivity contribution in [2.45, 2.75) is 6.92 Å². The molecular formula is C22H19N5O. The number of aromatic nitrogens is 2. The number of aryl methyl sites for hydroxylation is 1. The number of amides is 1. The van der Waals surface area contributed by atoms with Crippen molar-refractivity contribution in [3.05, 3.63) is 95.6 Å². The van der Waals surface area contributed by atoms with Gasteiger partial charge in [-0.15, -0.1) is 0 Å². The van der Waals surface area contributed by atoms with Crippen molar-refractivity contribution in [3.63, 3.8) is 0 Å². The van der Waals surface area contributed by atoms with Gasteiger partial charge in [0, 0.05) is 34.3 Å². The van der Waals surface area contributed by atoms with Crippen LogP contribution in [0.5, 0.6) is 0 Å². The Balaban J connectivity index is 1.63. The predicted octanol–water partition coefficient (Wildman–Crippen LogP) is 3.89. The molecule has 0 bridgehead atoms. The van der Waals surface area contributed by atoms with Gasteiger partial charge in [-0.05, 0) is 36.8 Å². The summed E-state index contributed by atoms with van der Waals surface area (Å²) in [6, 6.07) is 16.3. The zero-order valence-corrected chi connectivity index (χ0v) is 15.3. The minimum absolute atomic E-state index is 0.219. The summed E-state index contributed by atoms with van der Waals surface area (Å²) in [7, 11) is 0. The van der Waals surface area contributed by atoms with Gasteiger partial charge in [-0.3, -0.25) is 10.2 Å². The molecule has 4 aromatic rings. The molecule has 2 heterocycles. The van der Waals surface area contributed by atoms with Gasteiger partial charge in [0.1, 0.15) is 0 Å². The lowest BCUT2D eigenvalue weighted by Crippen LogP contribution is -2.15. The molecule has 0 radical (unpaired) electrons. The zero-order chi connectivity index (χ0) is 19.7. The minimum atomic E-state index is -0.219. The summed E-state index contributed by atoms with van der Waals surface area (Å²) in [5.74, 6) is -0.219. The summed E-state index contributed by atoms with van der Waals surface area (Å²) in [6.07, 6.45) is 5.28. The molecule has 4 N–H and O–H groups in total. The highest BCUT2D eigenvalue weighted by Crippen LogP contribution is 2.22. The summed E-state index contributed by atoms with van der Waals surface area (Å²) >= 11 is 0. The van der Waals surface area contributed by atoms with Gasteiger partial charge in [0.2, 0.25) is 0 Å². The minimum Gasteiger partial charge on any atom is -0.398 e. The van der Waals surface area contributed by atoms with Crippen LogP contribution in [0.4, 0.5) is 11.4 Å². The van der Waals surface area contributed by atoms with Crippen LogP contribution in [0.1, 0.15) is 27.0 Å². The number of nitrogen functional groups attached to an aromatic ring is 1. The Morgan fingerprint density at radius 1 is 1.11 bits per heavy atom. The largest absolute Gasteiger partial charge is 0.398 e. The predicted molar refractivity (Wildman–Crippen MR) is 111 cm³/mol. The molecule has 138 valence electrons. The molecule has 0 fully saturated rings. The maximum absolute atomic E-state index is 12.8. The fourth-order valence-electron chi connectivity index (χ4n) is 3.13. The molecule has 0 aliphatic carbocycles. The highest BCUT2D eigenvalue weighted by molar-refractivity contribution is 6.15. The van der Waals surface area contributed by atoms with E-state index in [0.717, 1.165) is 16.6 Å². The first-order valence-electron chi connectivity index (χ1n) is 8.80. The highest BCUT2D eigenvalue weighted by atomic mass is 16.1. The van der Waals surface area contributed by atoms with E-state index in [1.807, 2.05) is 53.9 Å². The monoisotopic (exact) mass is 369 g/mol. The van der Waals surface area contributed by atoms with Crippen LogP contribution in [0.25, 0.3) is 5.52 Å². The molecule has 0 atom stereocenters. The number of rotatable bonds is 4. The molecule has 2 aromatic carbocycles. The number of anilines is 2. The topological polar surface area (TPSA) is 96.3 Å². The summed E-state index contributed by atoms with van der Waals surface area (Å²) < 4.78 is 1.87. The van der Waals surface area contributed by atoms with Crippen molar-refractivity contribution in [2.75, 3.05) is 11.1 Å². The van der Waals surface area contributed by atoms with Crippen LogP contribution in [-0.4, -0.2) is 21.0 Å². The second kappa shape index (κ2) is 7.00. The van der Waals surface area contributed by atoms with Crippen molar-refractivity contribution >= 4 is 28.5 Å². The summed E-state index contributed by atoms with van der Waals surface area (Å²) in [5.41, 5.74) is 11.1. The molecule has 0 saturated heterocycles. The molecule has 0 saturated carbocycles. The first-order chi connectivity index (χ1) is 13.5. The number of benzene rings is 2. The van der Waals surface area contributed by atoms with E-state index in [9.17, 15) is 4.79 Å². The number of nitrogens with two attached hydrogens (primary N) is 1. The van der Waals surface area contributed by atoms with E-state index >= 15 is 0 Å². The quantitative estimate of drug-likeness (QED) is 0.376. The normalized spacial score (nSPS) is 10.8. The van der Waals surface area contributed by atoms with Crippen molar-refractivity contribution in [2.24, 2.45) is 0 Å². The standard InChI is InChI=1S/C22H19N5O/c1-14-12-27-13-25-11-17(27)10-18(14)22(28)26-16-7-8-20(23)19(9-16)21(24)15-5-3-2-4-6-15/h2-13,24H,23H2,1H3,(H,26,28). The maximum Gasteiger partial charge on any atom is 0.256 e. The van der Waals surface area contributed by atoms with E-state index in [1.54, 1.807) is 30.7 Å². The van der Waals surface area contributed by atoms with E-state index in [4.69, 9.17) is 11.1 Å². The lowest BCUT2D eigenvalue weighted by atomic mass is 10.0. The van der Waals surface area contributed by atoms with E-state index in [-0.39, 0.29) is 5.91 Å². The second-order valence-electron chi connectivity index (χ2n) is 6.59. The second-order valence-corrected chi connectivity index (χ2v) is 6.59. The van der Waals surface area contributed by atoms with Gasteiger partial charge < -0.3 is 15.5 Å². The van der Waals surface area contributed by atoms with Gasteiger partial charge in [0.15, 0.2) is 0 Å². The molecule has 0 spiro atoms.